The third kappa shape index (κ3) is 3.19. The van der Waals surface area contributed by atoms with E-state index in [1.54, 1.807) is 0 Å². The lowest BCUT2D eigenvalue weighted by Gasteiger charge is -2.31. The highest BCUT2D eigenvalue weighted by atomic mass is 79.9. The molecule has 88 valence electrons. The van der Waals surface area contributed by atoms with Crippen molar-refractivity contribution in [3.05, 3.63) is 22.8 Å². The minimum Gasteiger partial charge on any atom is -0.367 e. The molecular formula is C12H18BrN3. The normalized spacial score (nSPS) is 18.6. The standard InChI is InChI=1S/C12H18BrN3/c1-2-16-8-6-10(7-9-16)14-12-5-3-4-11(13)15-12/h3-5,10H,2,6-9H2,1H3,(H,14,15). The van der Waals surface area contributed by atoms with Gasteiger partial charge >= 0.3 is 0 Å². The third-order valence-corrected chi connectivity index (χ3v) is 3.54. The van der Waals surface area contributed by atoms with E-state index >= 15 is 0 Å². The lowest BCUT2D eigenvalue weighted by Crippen LogP contribution is -2.38. The second kappa shape index (κ2) is 5.64. The Hall–Kier alpha value is -0.610. The molecule has 16 heavy (non-hydrogen) atoms. The second-order valence-electron chi connectivity index (χ2n) is 4.20. The smallest absolute Gasteiger partial charge is 0.127 e. The highest BCUT2D eigenvalue weighted by Gasteiger charge is 2.17. The first kappa shape index (κ1) is 11.9. The van der Waals surface area contributed by atoms with Gasteiger partial charge in [-0.2, -0.15) is 0 Å². The average molecular weight is 284 g/mol. The topological polar surface area (TPSA) is 28.2 Å². The molecule has 4 heteroatoms. The number of nitrogens with zero attached hydrogens (tertiary/aromatic N) is 2. The highest BCUT2D eigenvalue weighted by Crippen LogP contribution is 2.16. The van der Waals surface area contributed by atoms with E-state index < -0.39 is 0 Å². The van der Waals surface area contributed by atoms with Crippen LogP contribution in [0.2, 0.25) is 0 Å². The van der Waals surface area contributed by atoms with Gasteiger partial charge in [0.15, 0.2) is 0 Å². The van der Waals surface area contributed by atoms with Gasteiger partial charge in [0.2, 0.25) is 0 Å². The van der Waals surface area contributed by atoms with Crippen molar-refractivity contribution in [1.29, 1.82) is 0 Å². The van der Waals surface area contributed by atoms with Crippen molar-refractivity contribution in [2.45, 2.75) is 25.8 Å². The van der Waals surface area contributed by atoms with Crippen LogP contribution in [0, 0.1) is 0 Å². The summed E-state index contributed by atoms with van der Waals surface area (Å²) < 4.78 is 0.892. The van der Waals surface area contributed by atoms with E-state index in [9.17, 15) is 0 Å². The first-order valence-corrected chi connectivity index (χ1v) is 6.68. The van der Waals surface area contributed by atoms with Gasteiger partial charge in [0.1, 0.15) is 10.4 Å². The minimum absolute atomic E-state index is 0.574. The molecule has 1 aromatic rings. The van der Waals surface area contributed by atoms with Crippen LogP contribution in [0.5, 0.6) is 0 Å². The molecule has 0 unspecified atom stereocenters. The van der Waals surface area contributed by atoms with E-state index in [1.807, 2.05) is 18.2 Å². The number of aromatic nitrogens is 1. The zero-order chi connectivity index (χ0) is 11.4. The Morgan fingerprint density at radius 1 is 1.44 bits per heavy atom. The van der Waals surface area contributed by atoms with Gasteiger partial charge in [0, 0.05) is 19.1 Å². The number of piperidine rings is 1. The van der Waals surface area contributed by atoms with Crippen LogP contribution in [-0.2, 0) is 0 Å². The molecule has 0 saturated carbocycles. The third-order valence-electron chi connectivity index (χ3n) is 3.10. The number of pyridine rings is 1. The summed E-state index contributed by atoms with van der Waals surface area (Å²) in [6, 6.07) is 6.56. The lowest BCUT2D eigenvalue weighted by atomic mass is 10.1. The Kier molecular flexibility index (Phi) is 4.18. The maximum Gasteiger partial charge on any atom is 0.127 e. The first-order chi connectivity index (χ1) is 7.78. The van der Waals surface area contributed by atoms with Gasteiger partial charge in [-0.3, -0.25) is 0 Å². The summed E-state index contributed by atoms with van der Waals surface area (Å²) >= 11 is 3.39. The molecule has 0 aromatic carbocycles. The summed E-state index contributed by atoms with van der Waals surface area (Å²) in [5, 5.41) is 3.50. The molecule has 0 radical (unpaired) electrons. The summed E-state index contributed by atoms with van der Waals surface area (Å²) in [6.45, 7) is 5.79. The van der Waals surface area contributed by atoms with E-state index in [1.165, 1.54) is 32.5 Å². The Bertz CT molecular complexity index is 335. The van der Waals surface area contributed by atoms with Gasteiger partial charge in [-0.1, -0.05) is 13.0 Å². The fourth-order valence-electron chi connectivity index (χ4n) is 2.09. The maximum atomic E-state index is 4.40. The maximum absolute atomic E-state index is 4.40. The van der Waals surface area contributed by atoms with Gasteiger partial charge in [-0.25, -0.2) is 4.98 Å². The molecule has 1 aromatic heterocycles. The number of rotatable bonds is 3. The van der Waals surface area contributed by atoms with Crippen molar-refractivity contribution in [3.8, 4) is 0 Å². The molecule has 1 N–H and O–H groups in total. The number of halogens is 1. The Balaban J connectivity index is 1.87. The van der Waals surface area contributed by atoms with Crippen LogP contribution in [0.15, 0.2) is 22.8 Å². The van der Waals surface area contributed by atoms with Crippen LogP contribution >= 0.6 is 15.9 Å². The summed E-state index contributed by atoms with van der Waals surface area (Å²) in [4.78, 5) is 6.89. The van der Waals surface area contributed by atoms with Crippen molar-refractivity contribution < 1.29 is 0 Å². The van der Waals surface area contributed by atoms with E-state index in [0.29, 0.717) is 6.04 Å². The van der Waals surface area contributed by atoms with Gasteiger partial charge in [-0.05, 0) is 47.4 Å². The number of anilines is 1. The zero-order valence-corrected chi connectivity index (χ0v) is 11.2. The SMILES string of the molecule is CCN1CCC(Nc2cccc(Br)n2)CC1. The van der Waals surface area contributed by atoms with Gasteiger partial charge in [-0.15, -0.1) is 0 Å². The highest BCUT2D eigenvalue weighted by molar-refractivity contribution is 9.10. The van der Waals surface area contributed by atoms with Crippen molar-refractivity contribution in [1.82, 2.24) is 9.88 Å². The van der Waals surface area contributed by atoms with Crippen LogP contribution in [0.25, 0.3) is 0 Å². The second-order valence-corrected chi connectivity index (χ2v) is 5.01. The predicted molar refractivity (Wildman–Crippen MR) is 70.7 cm³/mol. The molecule has 0 atom stereocenters. The molecule has 2 rings (SSSR count). The van der Waals surface area contributed by atoms with E-state index in [0.717, 1.165) is 10.4 Å². The number of likely N-dealkylation sites (tertiary alicyclic amines) is 1. The van der Waals surface area contributed by atoms with Crippen molar-refractivity contribution in [2.24, 2.45) is 0 Å². The van der Waals surface area contributed by atoms with Crippen LogP contribution in [0.4, 0.5) is 5.82 Å². The summed E-state index contributed by atoms with van der Waals surface area (Å²) in [5.74, 6) is 0.976. The predicted octanol–water partition coefficient (Wildman–Crippen LogP) is 2.74. The fraction of sp³-hybridized carbons (Fsp3) is 0.583. The van der Waals surface area contributed by atoms with Crippen LogP contribution in [0.1, 0.15) is 19.8 Å². The monoisotopic (exact) mass is 283 g/mol. The molecule has 0 amide bonds. The largest absolute Gasteiger partial charge is 0.367 e. The minimum atomic E-state index is 0.574. The molecule has 0 aliphatic carbocycles. The molecular weight excluding hydrogens is 266 g/mol. The van der Waals surface area contributed by atoms with Crippen LogP contribution in [0.3, 0.4) is 0 Å². The Morgan fingerprint density at radius 3 is 2.81 bits per heavy atom. The van der Waals surface area contributed by atoms with Crippen LogP contribution < -0.4 is 5.32 Å². The zero-order valence-electron chi connectivity index (χ0n) is 9.62. The average Bonchev–Trinajstić information content (AvgIpc) is 2.30. The number of hydrogen-bond donors (Lipinski definition) is 1. The number of hydrogen-bond acceptors (Lipinski definition) is 3. The van der Waals surface area contributed by atoms with Crippen molar-refractivity contribution in [2.75, 3.05) is 25.0 Å². The van der Waals surface area contributed by atoms with Crippen molar-refractivity contribution >= 4 is 21.7 Å². The molecule has 2 heterocycles. The summed E-state index contributed by atoms with van der Waals surface area (Å²) in [7, 11) is 0. The molecule has 3 nitrogen and oxygen atoms in total. The van der Waals surface area contributed by atoms with E-state index in [4.69, 9.17) is 0 Å². The molecule has 1 aliphatic rings. The number of nitrogens with one attached hydrogen (secondary N) is 1. The van der Waals surface area contributed by atoms with E-state index in [-0.39, 0.29) is 0 Å². The van der Waals surface area contributed by atoms with Crippen LogP contribution in [-0.4, -0.2) is 35.6 Å². The molecule has 0 spiro atoms. The molecule has 0 bridgehead atoms. The van der Waals surface area contributed by atoms with Gasteiger partial charge < -0.3 is 10.2 Å². The lowest BCUT2D eigenvalue weighted by molar-refractivity contribution is 0.229. The molecule has 1 fully saturated rings. The van der Waals surface area contributed by atoms with Gasteiger partial charge in [0.05, 0.1) is 0 Å². The summed E-state index contributed by atoms with van der Waals surface area (Å²) in [5.41, 5.74) is 0. The fourth-order valence-corrected chi connectivity index (χ4v) is 2.43. The molecule has 1 saturated heterocycles. The van der Waals surface area contributed by atoms with Gasteiger partial charge in [0.25, 0.3) is 0 Å². The Morgan fingerprint density at radius 2 is 2.19 bits per heavy atom. The van der Waals surface area contributed by atoms with Crippen molar-refractivity contribution in [3.63, 3.8) is 0 Å². The summed E-state index contributed by atoms with van der Waals surface area (Å²) in [6.07, 6.45) is 2.42. The quantitative estimate of drug-likeness (QED) is 0.865. The van der Waals surface area contributed by atoms with E-state index in [2.05, 4.69) is 38.1 Å². The first-order valence-electron chi connectivity index (χ1n) is 5.89. The molecule has 1 aliphatic heterocycles. The Labute approximate surface area is 105 Å².